The zero-order valence-corrected chi connectivity index (χ0v) is 17.5. The van der Waals surface area contributed by atoms with E-state index in [-0.39, 0.29) is 23.1 Å². The number of likely N-dealkylation sites (tertiary alicyclic amines) is 1. The number of carbonyl (C=O) groups excluding carboxylic acids is 2. The molecule has 1 aliphatic carbocycles. The van der Waals surface area contributed by atoms with Crippen molar-refractivity contribution in [1.82, 2.24) is 14.7 Å². The summed E-state index contributed by atoms with van der Waals surface area (Å²) >= 11 is 6.25. The molecule has 2 heterocycles. The van der Waals surface area contributed by atoms with E-state index in [1.807, 2.05) is 34.1 Å². The molecule has 4 rings (SSSR count). The summed E-state index contributed by atoms with van der Waals surface area (Å²) in [5.74, 6) is 0.310. The lowest BCUT2D eigenvalue weighted by atomic mass is 9.76. The number of likely N-dealkylation sites (N-methyl/N-ethyl adjacent to an activating group) is 1. The van der Waals surface area contributed by atoms with Gasteiger partial charge in [-0.05, 0) is 31.5 Å². The van der Waals surface area contributed by atoms with E-state index in [4.69, 9.17) is 11.6 Å². The molecule has 1 saturated carbocycles. The molecular formula is C22H30ClN3O2. The van der Waals surface area contributed by atoms with E-state index in [9.17, 15) is 9.59 Å². The molecule has 0 bridgehead atoms. The van der Waals surface area contributed by atoms with E-state index in [1.54, 1.807) is 0 Å². The molecule has 1 aromatic rings. The first-order valence-electron chi connectivity index (χ1n) is 10.5. The molecule has 3 fully saturated rings. The van der Waals surface area contributed by atoms with Gasteiger partial charge in [-0.25, -0.2) is 0 Å². The van der Waals surface area contributed by atoms with Crippen molar-refractivity contribution in [3.05, 3.63) is 34.9 Å². The summed E-state index contributed by atoms with van der Waals surface area (Å²) in [5, 5.41) is 0.635. The number of hydrogen-bond acceptors (Lipinski definition) is 3. The molecule has 0 aromatic heterocycles. The lowest BCUT2D eigenvalue weighted by Gasteiger charge is -2.37. The van der Waals surface area contributed by atoms with Gasteiger partial charge in [0.1, 0.15) is 0 Å². The summed E-state index contributed by atoms with van der Waals surface area (Å²) in [7, 11) is 2.10. The topological polar surface area (TPSA) is 43.9 Å². The molecular weight excluding hydrogens is 374 g/mol. The average molecular weight is 404 g/mol. The minimum atomic E-state index is -0.0476. The van der Waals surface area contributed by atoms with Gasteiger partial charge in [-0.15, -0.1) is 0 Å². The third-order valence-electron chi connectivity index (χ3n) is 7.01. The van der Waals surface area contributed by atoms with Crippen molar-refractivity contribution in [2.45, 2.75) is 32.1 Å². The maximum atomic E-state index is 13.4. The highest BCUT2D eigenvalue weighted by Crippen LogP contribution is 2.49. The van der Waals surface area contributed by atoms with Crippen LogP contribution in [-0.2, 0) is 16.0 Å². The SMILES string of the molecule is CN1CCN(C(=O)C2CN(C(=O)Cc3ccccc3Cl)CC23CCCC3)CC1. The molecule has 5 nitrogen and oxygen atoms in total. The summed E-state index contributed by atoms with van der Waals surface area (Å²) in [6.45, 7) is 4.75. The fourth-order valence-electron chi connectivity index (χ4n) is 5.25. The number of nitrogens with zero attached hydrogens (tertiary/aromatic N) is 3. The first-order chi connectivity index (χ1) is 13.5. The van der Waals surface area contributed by atoms with Crippen LogP contribution in [0.15, 0.2) is 24.3 Å². The number of rotatable bonds is 3. The second-order valence-corrected chi connectivity index (χ2v) is 9.20. The van der Waals surface area contributed by atoms with Crippen LogP contribution in [0.2, 0.25) is 5.02 Å². The molecule has 2 amide bonds. The molecule has 1 unspecified atom stereocenters. The Labute approximate surface area is 172 Å². The minimum absolute atomic E-state index is 0.0173. The summed E-state index contributed by atoms with van der Waals surface area (Å²) in [5.41, 5.74) is 0.847. The lowest BCUT2D eigenvalue weighted by molar-refractivity contribution is -0.140. The van der Waals surface area contributed by atoms with Crippen LogP contribution in [0.25, 0.3) is 0 Å². The Balaban J connectivity index is 1.48. The number of carbonyl (C=O) groups is 2. The van der Waals surface area contributed by atoms with Crippen LogP contribution in [0.1, 0.15) is 31.2 Å². The predicted molar refractivity (Wildman–Crippen MR) is 110 cm³/mol. The number of halogens is 1. The molecule has 0 N–H and O–H groups in total. The van der Waals surface area contributed by atoms with Crippen LogP contribution in [0.4, 0.5) is 0 Å². The Morgan fingerprint density at radius 2 is 1.75 bits per heavy atom. The smallest absolute Gasteiger partial charge is 0.228 e. The molecule has 0 radical (unpaired) electrons. The summed E-state index contributed by atoms with van der Waals surface area (Å²) in [6.07, 6.45) is 4.77. The standard InChI is InChI=1S/C22H30ClN3O2/c1-24-10-12-25(13-11-24)21(28)18-15-26(16-22(18)8-4-5-9-22)20(27)14-17-6-2-3-7-19(17)23/h2-3,6-7,18H,4-5,8-16H2,1H3. The second kappa shape index (κ2) is 8.03. The van der Waals surface area contributed by atoms with E-state index in [2.05, 4.69) is 11.9 Å². The Bertz CT molecular complexity index is 739. The second-order valence-electron chi connectivity index (χ2n) is 8.79. The first kappa shape index (κ1) is 19.7. The molecule has 152 valence electrons. The van der Waals surface area contributed by atoms with Gasteiger partial charge < -0.3 is 14.7 Å². The minimum Gasteiger partial charge on any atom is -0.341 e. The van der Waals surface area contributed by atoms with Gasteiger partial charge in [-0.2, -0.15) is 0 Å². The van der Waals surface area contributed by atoms with E-state index in [0.29, 0.717) is 18.0 Å². The Hall–Kier alpha value is -1.59. The maximum absolute atomic E-state index is 13.4. The Kier molecular flexibility index (Phi) is 5.66. The number of piperazine rings is 1. The van der Waals surface area contributed by atoms with Gasteiger partial charge in [-0.1, -0.05) is 42.6 Å². The fraction of sp³-hybridized carbons (Fsp3) is 0.636. The van der Waals surface area contributed by atoms with Crippen molar-refractivity contribution >= 4 is 23.4 Å². The van der Waals surface area contributed by atoms with Crippen molar-refractivity contribution in [2.24, 2.45) is 11.3 Å². The number of benzene rings is 1. The van der Waals surface area contributed by atoms with Gasteiger partial charge in [0.05, 0.1) is 12.3 Å². The fourth-order valence-corrected chi connectivity index (χ4v) is 5.45. The predicted octanol–water partition coefficient (Wildman–Crippen LogP) is 2.68. The highest BCUT2D eigenvalue weighted by molar-refractivity contribution is 6.31. The van der Waals surface area contributed by atoms with Crippen LogP contribution in [0.3, 0.4) is 0 Å². The lowest BCUT2D eigenvalue weighted by Crippen LogP contribution is -2.51. The number of hydrogen-bond donors (Lipinski definition) is 0. The Morgan fingerprint density at radius 3 is 2.43 bits per heavy atom. The zero-order valence-electron chi connectivity index (χ0n) is 16.7. The third kappa shape index (κ3) is 3.79. The van der Waals surface area contributed by atoms with Crippen molar-refractivity contribution in [3.8, 4) is 0 Å². The van der Waals surface area contributed by atoms with E-state index >= 15 is 0 Å². The molecule has 2 saturated heterocycles. The van der Waals surface area contributed by atoms with Crippen molar-refractivity contribution < 1.29 is 9.59 Å². The summed E-state index contributed by atoms with van der Waals surface area (Å²) in [6, 6.07) is 7.53. The molecule has 1 aromatic carbocycles. The normalized spacial score (nSPS) is 24.9. The van der Waals surface area contributed by atoms with Crippen LogP contribution >= 0.6 is 11.6 Å². The zero-order chi connectivity index (χ0) is 19.7. The highest BCUT2D eigenvalue weighted by Gasteiger charge is 2.53. The van der Waals surface area contributed by atoms with Gasteiger partial charge in [-0.3, -0.25) is 9.59 Å². The van der Waals surface area contributed by atoms with Crippen LogP contribution in [0.5, 0.6) is 0 Å². The van der Waals surface area contributed by atoms with E-state index in [0.717, 1.165) is 51.1 Å². The van der Waals surface area contributed by atoms with Crippen LogP contribution in [-0.4, -0.2) is 72.8 Å². The summed E-state index contributed by atoms with van der Waals surface area (Å²) in [4.78, 5) is 32.7. The molecule has 2 aliphatic heterocycles. The van der Waals surface area contributed by atoms with Crippen LogP contribution in [0, 0.1) is 11.3 Å². The van der Waals surface area contributed by atoms with Gasteiger partial charge in [0, 0.05) is 49.7 Å². The van der Waals surface area contributed by atoms with Crippen LogP contribution < -0.4 is 0 Å². The van der Waals surface area contributed by atoms with Crippen molar-refractivity contribution in [2.75, 3.05) is 46.3 Å². The molecule has 28 heavy (non-hydrogen) atoms. The van der Waals surface area contributed by atoms with E-state index < -0.39 is 0 Å². The number of amides is 2. The van der Waals surface area contributed by atoms with Gasteiger partial charge in [0.15, 0.2) is 0 Å². The van der Waals surface area contributed by atoms with Crippen molar-refractivity contribution in [1.29, 1.82) is 0 Å². The molecule has 1 atom stereocenters. The largest absolute Gasteiger partial charge is 0.341 e. The average Bonchev–Trinajstić information content (AvgIpc) is 3.31. The summed E-state index contributed by atoms with van der Waals surface area (Å²) < 4.78 is 0. The third-order valence-corrected chi connectivity index (χ3v) is 7.38. The maximum Gasteiger partial charge on any atom is 0.228 e. The monoisotopic (exact) mass is 403 g/mol. The van der Waals surface area contributed by atoms with Gasteiger partial charge >= 0.3 is 0 Å². The Morgan fingerprint density at radius 1 is 1.07 bits per heavy atom. The molecule has 1 spiro atoms. The molecule has 6 heteroatoms. The van der Waals surface area contributed by atoms with Gasteiger partial charge in [0.2, 0.25) is 11.8 Å². The molecule has 3 aliphatic rings. The first-order valence-corrected chi connectivity index (χ1v) is 10.8. The van der Waals surface area contributed by atoms with E-state index in [1.165, 1.54) is 12.8 Å². The quantitative estimate of drug-likeness (QED) is 0.779. The van der Waals surface area contributed by atoms with Gasteiger partial charge in [0.25, 0.3) is 0 Å². The van der Waals surface area contributed by atoms with Crippen molar-refractivity contribution in [3.63, 3.8) is 0 Å². The highest BCUT2D eigenvalue weighted by atomic mass is 35.5.